The fraction of sp³-hybridized carbons (Fsp3) is 0.0833. The van der Waals surface area contributed by atoms with Gasteiger partial charge in [0.05, 0.1) is 11.2 Å². The fourth-order valence-electron chi connectivity index (χ4n) is 3.73. The third kappa shape index (κ3) is 4.16. The Labute approximate surface area is 194 Å². The summed E-state index contributed by atoms with van der Waals surface area (Å²) in [5.41, 5.74) is 3.52. The van der Waals surface area contributed by atoms with E-state index in [2.05, 4.69) is 25.9 Å². The molecule has 8 nitrogen and oxygen atoms in total. The van der Waals surface area contributed by atoms with E-state index >= 15 is 0 Å². The Kier molecular flexibility index (Phi) is 5.50. The van der Waals surface area contributed by atoms with E-state index in [1.807, 2.05) is 66.2 Å². The number of hydrogen-bond acceptors (Lipinski definition) is 5. The average Bonchev–Trinajstić information content (AvgIpc) is 3.48. The molecule has 0 saturated carbocycles. The minimum absolute atomic E-state index is 0.279. The molecule has 0 fully saturated rings. The standard InChI is InChI=1S/C24H19ClN6O2/c1-31-20(24(32)26-19-11-10-17(25)13-18(19)23-27-29-30-28-23)12-16-8-5-9-21(22(16)31)33-14-15-6-3-2-4-7-15/h2-13H,14H2,1H3,(H,26,32)(H,27,28,29,30). The van der Waals surface area contributed by atoms with Crippen LogP contribution in [0.1, 0.15) is 16.1 Å². The van der Waals surface area contributed by atoms with Crippen molar-refractivity contribution in [2.24, 2.45) is 7.05 Å². The molecule has 0 aliphatic heterocycles. The molecule has 0 aliphatic carbocycles. The lowest BCUT2D eigenvalue weighted by atomic mass is 10.1. The lowest BCUT2D eigenvalue weighted by Gasteiger charge is -2.12. The second-order valence-electron chi connectivity index (χ2n) is 7.45. The van der Waals surface area contributed by atoms with Gasteiger partial charge in [-0.2, -0.15) is 0 Å². The first-order valence-corrected chi connectivity index (χ1v) is 10.6. The first kappa shape index (κ1) is 20.7. The van der Waals surface area contributed by atoms with E-state index in [-0.39, 0.29) is 5.91 Å². The molecule has 0 saturated heterocycles. The quantitative estimate of drug-likeness (QED) is 0.379. The molecule has 1 amide bonds. The zero-order valence-corrected chi connectivity index (χ0v) is 18.4. The number of H-pyrrole nitrogens is 1. The summed E-state index contributed by atoms with van der Waals surface area (Å²) < 4.78 is 7.92. The summed E-state index contributed by atoms with van der Waals surface area (Å²) in [7, 11) is 1.84. The Balaban J connectivity index is 1.45. The number of amides is 1. The number of benzene rings is 3. The molecule has 2 N–H and O–H groups in total. The molecule has 2 heterocycles. The van der Waals surface area contributed by atoms with Gasteiger partial charge in [0.15, 0.2) is 5.82 Å². The number of fused-ring (bicyclic) bond motifs is 1. The number of carbonyl (C=O) groups excluding carboxylic acids is 1. The van der Waals surface area contributed by atoms with E-state index in [0.717, 1.165) is 16.5 Å². The normalized spacial score (nSPS) is 11.0. The smallest absolute Gasteiger partial charge is 0.272 e. The number of aromatic amines is 1. The summed E-state index contributed by atoms with van der Waals surface area (Å²) in [6, 6.07) is 22.7. The first-order valence-electron chi connectivity index (χ1n) is 10.2. The SMILES string of the molecule is Cn1c(C(=O)Nc2ccc(Cl)cc2-c2nnn[nH]2)cc2cccc(OCc3ccccc3)c21. The Hall–Kier alpha value is -4.17. The van der Waals surface area contributed by atoms with E-state index in [1.165, 1.54) is 0 Å². The summed E-state index contributed by atoms with van der Waals surface area (Å²) >= 11 is 6.14. The van der Waals surface area contributed by atoms with Gasteiger partial charge in [-0.1, -0.05) is 54.1 Å². The van der Waals surface area contributed by atoms with E-state index in [4.69, 9.17) is 16.3 Å². The van der Waals surface area contributed by atoms with Gasteiger partial charge < -0.3 is 14.6 Å². The number of aromatic nitrogens is 5. The predicted molar refractivity (Wildman–Crippen MR) is 126 cm³/mol. The molecule has 9 heteroatoms. The number of nitrogens with one attached hydrogen (secondary N) is 2. The van der Waals surface area contributed by atoms with Crippen LogP contribution in [0.5, 0.6) is 5.75 Å². The van der Waals surface area contributed by atoms with Crippen molar-refractivity contribution in [1.29, 1.82) is 0 Å². The summed E-state index contributed by atoms with van der Waals surface area (Å²) in [4.78, 5) is 13.2. The Morgan fingerprint density at radius 3 is 2.73 bits per heavy atom. The summed E-state index contributed by atoms with van der Waals surface area (Å²) in [5, 5.41) is 18.2. The van der Waals surface area contributed by atoms with Crippen LogP contribution in [0.25, 0.3) is 22.3 Å². The Morgan fingerprint density at radius 2 is 1.94 bits per heavy atom. The topological polar surface area (TPSA) is 97.7 Å². The highest BCUT2D eigenvalue weighted by Gasteiger charge is 2.19. The zero-order valence-electron chi connectivity index (χ0n) is 17.6. The summed E-state index contributed by atoms with van der Waals surface area (Å²) in [6.45, 7) is 0.437. The van der Waals surface area contributed by atoms with Gasteiger partial charge in [0.25, 0.3) is 5.91 Å². The van der Waals surface area contributed by atoms with Crippen LogP contribution in [0.15, 0.2) is 72.8 Å². The van der Waals surface area contributed by atoms with Crippen molar-refractivity contribution < 1.29 is 9.53 Å². The predicted octanol–water partition coefficient (Wildman–Crippen LogP) is 4.84. The number of aryl methyl sites for hydroxylation is 1. The minimum Gasteiger partial charge on any atom is -0.487 e. The zero-order chi connectivity index (χ0) is 22.8. The van der Waals surface area contributed by atoms with Gasteiger partial charge >= 0.3 is 0 Å². The summed E-state index contributed by atoms with van der Waals surface area (Å²) in [5.74, 6) is 0.831. The van der Waals surface area contributed by atoms with Crippen molar-refractivity contribution in [3.05, 3.63) is 89.1 Å². The van der Waals surface area contributed by atoms with Crippen LogP contribution in [-0.4, -0.2) is 31.1 Å². The van der Waals surface area contributed by atoms with Gasteiger partial charge in [0.1, 0.15) is 18.1 Å². The molecule has 2 aromatic heterocycles. The largest absolute Gasteiger partial charge is 0.487 e. The number of tetrazole rings is 1. The molecule has 0 aliphatic rings. The van der Waals surface area contributed by atoms with Gasteiger partial charge in [-0.3, -0.25) is 4.79 Å². The van der Waals surface area contributed by atoms with Crippen molar-refractivity contribution in [3.63, 3.8) is 0 Å². The van der Waals surface area contributed by atoms with Crippen molar-refractivity contribution >= 4 is 34.1 Å². The van der Waals surface area contributed by atoms with Gasteiger partial charge in [0.2, 0.25) is 0 Å². The molecular formula is C24H19ClN6O2. The molecule has 0 unspecified atom stereocenters. The third-order valence-electron chi connectivity index (χ3n) is 5.32. The van der Waals surface area contributed by atoms with Crippen LogP contribution in [0.3, 0.4) is 0 Å². The molecular weight excluding hydrogens is 440 g/mol. The van der Waals surface area contributed by atoms with Gasteiger partial charge in [0, 0.05) is 23.0 Å². The van der Waals surface area contributed by atoms with Crippen LogP contribution >= 0.6 is 11.6 Å². The average molecular weight is 459 g/mol. The molecule has 0 radical (unpaired) electrons. The Morgan fingerprint density at radius 1 is 1.09 bits per heavy atom. The lowest BCUT2D eigenvalue weighted by molar-refractivity contribution is 0.102. The number of para-hydroxylation sites is 1. The van der Waals surface area contributed by atoms with Crippen molar-refractivity contribution in [3.8, 4) is 17.1 Å². The fourth-order valence-corrected chi connectivity index (χ4v) is 3.90. The molecule has 0 spiro atoms. The van der Waals surface area contributed by atoms with Gasteiger partial charge in [-0.15, -0.1) is 5.10 Å². The molecule has 164 valence electrons. The molecule has 3 aromatic carbocycles. The van der Waals surface area contributed by atoms with Crippen molar-refractivity contribution in [2.45, 2.75) is 6.61 Å². The highest BCUT2D eigenvalue weighted by Crippen LogP contribution is 2.31. The monoisotopic (exact) mass is 458 g/mol. The number of nitrogens with zero attached hydrogens (tertiary/aromatic N) is 4. The van der Waals surface area contributed by atoms with Crippen molar-refractivity contribution in [2.75, 3.05) is 5.32 Å². The number of anilines is 1. The molecule has 5 aromatic rings. The van der Waals surface area contributed by atoms with Crippen LogP contribution < -0.4 is 10.1 Å². The highest BCUT2D eigenvalue weighted by atomic mass is 35.5. The molecule has 0 atom stereocenters. The number of hydrogen-bond donors (Lipinski definition) is 2. The summed E-state index contributed by atoms with van der Waals surface area (Å²) in [6.07, 6.45) is 0. The second kappa shape index (κ2) is 8.76. The first-order chi connectivity index (χ1) is 16.1. The maximum Gasteiger partial charge on any atom is 0.272 e. The number of ether oxygens (including phenoxy) is 1. The van der Waals surface area contributed by atoms with Gasteiger partial charge in [-0.05, 0) is 46.3 Å². The maximum atomic E-state index is 13.2. The van der Waals surface area contributed by atoms with Crippen LogP contribution in [0, 0.1) is 0 Å². The highest BCUT2D eigenvalue weighted by molar-refractivity contribution is 6.31. The van der Waals surface area contributed by atoms with Crippen molar-refractivity contribution in [1.82, 2.24) is 25.2 Å². The maximum absolute atomic E-state index is 13.2. The molecule has 0 bridgehead atoms. The van der Waals surface area contributed by atoms with E-state index < -0.39 is 0 Å². The second-order valence-corrected chi connectivity index (χ2v) is 7.89. The minimum atomic E-state index is -0.279. The van der Waals surface area contributed by atoms with Crippen LogP contribution in [0.2, 0.25) is 5.02 Å². The van der Waals surface area contributed by atoms with E-state index in [9.17, 15) is 4.79 Å². The van der Waals surface area contributed by atoms with E-state index in [1.54, 1.807) is 18.2 Å². The Bertz CT molecular complexity index is 1430. The van der Waals surface area contributed by atoms with E-state index in [0.29, 0.717) is 40.1 Å². The number of rotatable bonds is 6. The molecule has 5 rings (SSSR count). The number of halogens is 1. The molecule has 33 heavy (non-hydrogen) atoms. The lowest BCUT2D eigenvalue weighted by Crippen LogP contribution is -2.16. The third-order valence-corrected chi connectivity index (χ3v) is 5.55. The van der Waals surface area contributed by atoms with Crippen LogP contribution in [0.4, 0.5) is 5.69 Å². The van der Waals surface area contributed by atoms with Gasteiger partial charge in [-0.25, -0.2) is 5.10 Å². The number of carbonyl (C=O) groups is 1. The van der Waals surface area contributed by atoms with Crippen LogP contribution in [-0.2, 0) is 13.7 Å².